The van der Waals surface area contributed by atoms with Crippen molar-refractivity contribution in [3.63, 3.8) is 0 Å². The average molecular weight is 542 g/mol. The number of amides is 1. The SMILES string of the molecule is CC(C)(C)OC(=O)N1CCC(n2cc(-c3cnc4c(N)nn(Cc5c(Cl)cccc5Cl)c4c3)cn2)CC1. The molecular weight excluding hydrogens is 513 g/mol. The van der Waals surface area contributed by atoms with Crippen LogP contribution in [0.3, 0.4) is 0 Å². The number of nitrogens with zero attached hydrogens (tertiary/aromatic N) is 6. The minimum Gasteiger partial charge on any atom is -0.444 e. The highest BCUT2D eigenvalue weighted by Crippen LogP contribution is 2.30. The van der Waals surface area contributed by atoms with Gasteiger partial charge in [0.15, 0.2) is 5.82 Å². The molecule has 0 bridgehead atoms. The Bertz CT molecular complexity index is 1430. The summed E-state index contributed by atoms with van der Waals surface area (Å²) in [6.07, 6.45) is 6.98. The van der Waals surface area contributed by atoms with E-state index in [2.05, 4.69) is 15.2 Å². The van der Waals surface area contributed by atoms with Gasteiger partial charge >= 0.3 is 6.09 Å². The van der Waals surface area contributed by atoms with E-state index in [1.807, 2.05) is 50.0 Å². The van der Waals surface area contributed by atoms with Crippen LogP contribution in [-0.2, 0) is 11.3 Å². The summed E-state index contributed by atoms with van der Waals surface area (Å²) in [6, 6.07) is 7.61. The fourth-order valence-corrected chi connectivity index (χ4v) is 5.03. The molecule has 0 spiro atoms. The number of hydrogen-bond donors (Lipinski definition) is 1. The van der Waals surface area contributed by atoms with Gasteiger partial charge in [-0.2, -0.15) is 10.2 Å². The molecule has 1 aromatic carbocycles. The molecule has 0 unspecified atom stereocenters. The van der Waals surface area contributed by atoms with Crippen molar-refractivity contribution >= 4 is 46.1 Å². The van der Waals surface area contributed by atoms with Crippen LogP contribution in [-0.4, -0.2) is 54.2 Å². The molecule has 11 heteroatoms. The molecule has 0 aliphatic carbocycles. The van der Waals surface area contributed by atoms with Crippen molar-refractivity contribution in [2.45, 2.75) is 51.8 Å². The number of aromatic nitrogens is 5. The number of fused-ring (bicyclic) bond motifs is 1. The third-order valence-electron chi connectivity index (χ3n) is 6.41. The van der Waals surface area contributed by atoms with E-state index >= 15 is 0 Å². The molecule has 1 aliphatic heterocycles. The highest BCUT2D eigenvalue weighted by Gasteiger charge is 2.28. The molecule has 1 saturated heterocycles. The maximum Gasteiger partial charge on any atom is 0.410 e. The minimum absolute atomic E-state index is 0.202. The molecule has 1 fully saturated rings. The van der Waals surface area contributed by atoms with Gasteiger partial charge in [-0.25, -0.2) is 4.79 Å². The summed E-state index contributed by atoms with van der Waals surface area (Å²) in [4.78, 5) is 18.7. The van der Waals surface area contributed by atoms with Gasteiger partial charge in [0.05, 0.1) is 24.3 Å². The first-order chi connectivity index (χ1) is 17.6. The molecule has 1 aliphatic rings. The Morgan fingerprint density at radius 1 is 1.14 bits per heavy atom. The Morgan fingerprint density at radius 2 is 1.84 bits per heavy atom. The molecule has 0 radical (unpaired) electrons. The number of anilines is 1. The van der Waals surface area contributed by atoms with Crippen LogP contribution in [0.15, 0.2) is 42.9 Å². The van der Waals surface area contributed by atoms with Crippen LogP contribution in [0.4, 0.5) is 10.6 Å². The molecule has 0 atom stereocenters. The van der Waals surface area contributed by atoms with Crippen LogP contribution < -0.4 is 5.73 Å². The van der Waals surface area contributed by atoms with E-state index in [9.17, 15) is 4.79 Å². The third-order valence-corrected chi connectivity index (χ3v) is 7.12. The predicted octanol–water partition coefficient (Wildman–Crippen LogP) is 5.80. The van der Waals surface area contributed by atoms with Gasteiger partial charge in [-0.05, 0) is 51.8 Å². The van der Waals surface area contributed by atoms with E-state index < -0.39 is 5.60 Å². The highest BCUT2D eigenvalue weighted by atomic mass is 35.5. The number of pyridine rings is 1. The first-order valence-electron chi connectivity index (χ1n) is 12.2. The number of rotatable bonds is 4. The second kappa shape index (κ2) is 9.87. The highest BCUT2D eigenvalue weighted by molar-refractivity contribution is 6.36. The number of hydrogen-bond acceptors (Lipinski definition) is 6. The first kappa shape index (κ1) is 25.4. The molecule has 4 heterocycles. The largest absolute Gasteiger partial charge is 0.444 e. The molecule has 1 amide bonds. The first-order valence-corrected chi connectivity index (χ1v) is 12.9. The number of carbonyl (C=O) groups excluding carboxylic acids is 1. The lowest BCUT2D eigenvalue weighted by atomic mass is 10.1. The lowest BCUT2D eigenvalue weighted by molar-refractivity contribution is 0.0185. The number of piperidine rings is 1. The Labute approximate surface area is 225 Å². The van der Waals surface area contributed by atoms with Crippen molar-refractivity contribution < 1.29 is 9.53 Å². The molecule has 9 nitrogen and oxygen atoms in total. The van der Waals surface area contributed by atoms with Crippen LogP contribution in [0, 0.1) is 0 Å². The Kier molecular flexibility index (Phi) is 6.76. The molecular formula is C26H29Cl2N7O2. The van der Waals surface area contributed by atoms with Gasteiger partial charge in [0, 0.05) is 52.2 Å². The number of carbonyl (C=O) groups is 1. The maximum atomic E-state index is 12.4. The molecule has 2 N–H and O–H groups in total. The zero-order valence-corrected chi connectivity index (χ0v) is 22.5. The van der Waals surface area contributed by atoms with E-state index in [0.717, 1.165) is 35.0 Å². The van der Waals surface area contributed by atoms with Crippen molar-refractivity contribution in [2.24, 2.45) is 0 Å². The Morgan fingerprint density at radius 3 is 2.51 bits per heavy atom. The summed E-state index contributed by atoms with van der Waals surface area (Å²) in [7, 11) is 0. The van der Waals surface area contributed by atoms with Gasteiger partial charge < -0.3 is 15.4 Å². The number of nitrogens with two attached hydrogens (primary N) is 1. The van der Waals surface area contributed by atoms with Gasteiger partial charge in [-0.15, -0.1) is 0 Å². The third kappa shape index (κ3) is 5.38. The molecule has 0 saturated carbocycles. The summed E-state index contributed by atoms with van der Waals surface area (Å²) < 4.78 is 9.25. The van der Waals surface area contributed by atoms with Gasteiger partial charge in [0.2, 0.25) is 0 Å². The topological polar surface area (TPSA) is 104 Å². The standard InChI is InChI=1S/C26H29Cl2N7O2/c1-26(2,3)37-25(36)33-9-7-18(8-10-33)34-14-17(13-31-34)16-11-22-23(30-12-16)24(29)32-35(22)15-19-20(27)5-4-6-21(19)28/h4-6,11-14,18H,7-10,15H2,1-3H3,(H2,29,32). The zero-order chi connectivity index (χ0) is 26.3. The quantitative estimate of drug-likeness (QED) is 0.349. The van der Waals surface area contributed by atoms with Crippen LogP contribution in [0.25, 0.3) is 22.2 Å². The molecule has 37 heavy (non-hydrogen) atoms. The average Bonchev–Trinajstić information content (AvgIpc) is 3.46. The number of ether oxygens (including phenoxy) is 1. The van der Waals surface area contributed by atoms with E-state index in [4.69, 9.17) is 33.7 Å². The predicted molar refractivity (Wildman–Crippen MR) is 145 cm³/mol. The van der Waals surface area contributed by atoms with E-state index in [1.54, 1.807) is 27.9 Å². The maximum absolute atomic E-state index is 12.4. The van der Waals surface area contributed by atoms with Crippen molar-refractivity contribution in [3.8, 4) is 11.1 Å². The second-order valence-electron chi connectivity index (χ2n) is 10.2. The fraction of sp³-hybridized carbons (Fsp3) is 0.385. The van der Waals surface area contributed by atoms with Gasteiger partial charge in [0.1, 0.15) is 11.1 Å². The normalized spacial score (nSPS) is 14.9. The summed E-state index contributed by atoms with van der Waals surface area (Å²) in [5, 5.41) is 10.2. The zero-order valence-electron chi connectivity index (χ0n) is 21.0. The van der Waals surface area contributed by atoms with Crippen molar-refractivity contribution in [1.82, 2.24) is 29.4 Å². The molecule has 3 aromatic heterocycles. The molecule has 194 valence electrons. The number of likely N-dealkylation sites (tertiary alicyclic amines) is 1. The Balaban J connectivity index is 1.34. The van der Waals surface area contributed by atoms with Gasteiger partial charge in [0.25, 0.3) is 0 Å². The summed E-state index contributed by atoms with van der Waals surface area (Å²) >= 11 is 12.8. The van der Waals surface area contributed by atoms with Crippen LogP contribution in [0.2, 0.25) is 10.0 Å². The van der Waals surface area contributed by atoms with Crippen LogP contribution >= 0.6 is 23.2 Å². The van der Waals surface area contributed by atoms with Gasteiger partial charge in [-0.3, -0.25) is 14.3 Å². The summed E-state index contributed by atoms with van der Waals surface area (Å²) in [6.45, 7) is 7.26. The monoisotopic (exact) mass is 541 g/mol. The van der Waals surface area contributed by atoms with Crippen molar-refractivity contribution in [1.29, 1.82) is 0 Å². The van der Waals surface area contributed by atoms with E-state index in [0.29, 0.717) is 41.0 Å². The Hall–Kier alpha value is -3.30. The van der Waals surface area contributed by atoms with Crippen molar-refractivity contribution in [3.05, 3.63) is 58.5 Å². The molecule has 5 rings (SSSR count). The van der Waals surface area contributed by atoms with Crippen LogP contribution in [0.5, 0.6) is 0 Å². The lowest BCUT2D eigenvalue weighted by Gasteiger charge is -2.33. The number of halogens is 2. The number of nitrogen functional groups attached to an aromatic ring is 1. The minimum atomic E-state index is -0.500. The molecule has 4 aromatic rings. The fourth-order valence-electron chi connectivity index (χ4n) is 4.52. The summed E-state index contributed by atoms with van der Waals surface area (Å²) in [5.74, 6) is 0.345. The second-order valence-corrected chi connectivity index (χ2v) is 11.1. The van der Waals surface area contributed by atoms with E-state index in [-0.39, 0.29) is 12.1 Å². The van der Waals surface area contributed by atoms with Crippen LogP contribution in [0.1, 0.15) is 45.2 Å². The van der Waals surface area contributed by atoms with Crippen molar-refractivity contribution in [2.75, 3.05) is 18.8 Å². The lowest BCUT2D eigenvalue weighted by Crippen LogP contribution is -2.42. The van der Waals surface area contributed by atoms with E-state index in [1.165, 1.54) is 0 Å². The smallest absolute Gasteiger partial charge is 0.410 e. The van der Waals surface area contributed by atoms with Gasteiger partial charge in [-0.1, -0.05) is 29.3 Å². The number of benzene rings is 1. The summed E-state index contributed by atoms with van der Waals surface area (Å²) in [5.41, 5.74) is 9.66.